The van der Waals surface area contributed by atoms with Gasteiger partial charge in [-0.25, -0.2) is 13.1 Å². The van der Waals surface area contributed by atoms with Gasteiger partial charge in [0.2, 0.25) is 15.9 Å². The lowest BCUT2D eigenvalue weighted by Gasteiger charge is -2.34. The van der Waals surface area contributed by atoms with Gasteiger partial charge in [0.1, 0.15) is 5.75 Å². The number of nitrogens with zero attached hydrogens (tertiary/aromatic N) is 1. The second-order valence-electron chi connectivity index (χ2n) is 5.15. The molecule has 1 rings (SSSR count). The minimum absolute atomic E-state index is 0.350. The average molecular weight is 277 g/mol. The number of hydrogen-bond acceptors (Lipinski definition) is 4. The van der Waals surface area contributed by atoms with E-state index in [0.717, 1.165) is 25.9 Å². The van der Waals surface area contributed by atoms with E-state index in [9.17, 15) is 13.2 Å². The molecular weight excluding hydrogens is 254 g/mol. The first-order valence-electron chi connectivity index (χ1n) is 6.30. The highest BCUT2D eigenvalue weighted by molar-refractivity contribution is 7.90. The summed E-state index contributed by atoms with van der Waals surface area (Å²) in [5.74, 6) is -1.10. The Labute approximate surface area is 109 Å². The molecule has 0 aromatic heterocycles. The van der Waals surface area contributed by atoms with Gasteiger partial charge >= 0.3 is 0 Å². The summed E-state index contributed by atoms with van der Waals surface area (Å²) in [5.41, 5.74) is 4.87. The largest absolute Gasteiger partial charge is 0.369 e. The van der Waals surface area contributed by atoms with Gasteiger partial charge in [-0.2, -0.15) is 0 Å². The van der Waals surface area contributed by atoms with Crippen molar-refractivity contribution in [2.45, 2.75) is 32.7 Å². The van der Waals surface area contributed by atoms with Gasteiger partial charge in [-0.15, -0.1) is 0 Å². The first kappa shape index (κ1) is 15.4. The highest BCUT2D eigenvalue weighted by Crippen LogP contribution is 2.18. The Morgan fingerprint density at radius 2 is 1.94 bits per heavy atom. The van der Waals surface area contributed by atoms with Crippen LogP contribution >= 0.6 is 0 Å². The zero-order chi connectivity index (χ0) is 13.8. The summed E-state index contributed by atoms with van der Waals surface area (Å²) in [6.45, 7) is 6.73. The monoisotopic (exact) mass is 277 g/mol. The molecule has 1 amide bonds. The van der Waals surface area contributed by atoms with Gasteiger partial charge in [0.05, 0.1) is 0 Å². The second-order valence-corrected chi connectivity index (χ2v) is 6.95. The van der Waals surface area contributed by atoms with Crippen LogP contribution in [0.25, 0.3) is 0 Å². The van der Waals surface area contributed by atoms with Gasteiger partial charge < -0.3 is 10.6 Å². The maximum absolute atomic E-state index is 11.4. The highest BCUT2D eigenvalue weighted by Gasteiger charge is 2.22. The number of carbonyl (C=O) groups is 1. The van der Waals surface area contributed by atoms with Crippen LogP contribution in [0.2, 0.25) is 0 Å². The fourth-order valence-corrected chi connectivity index (χ4v) is 3.12. The van der Waals surface area contributed by atoms with Crippen molar-refractivity contribution in [1.82, 2.24) is 9.62 Å². The smallest absolute Gasteiger partial charge is 0.234 e. The maximum atomic E-state index is 11.4. The van der Waals surface area contributed by atoms with Crippen molar-refractivity contribution in [3.8, 4) is 0 Å². The fourth-order valence-electron chi connectivity index (χ4n) is 2.16. The number of amides is 1. The average Bonchev–Trinajstić information content (AvgIpc) is 2.25. The Morgan fingerprint density at radius 1 is 1.39 bits per heavy atom. The van der Waals surface area contributed by atoms with Gasteiger partial charge in [0, 0.05) is 12.6 Å². The lowest BCUT2D eigenvalue weighted by atomic mass is 9.96. The Kier molecular flexibility index (Phi) is 5.55. The molecule has 106 valence electrons. The van der Waals surface area contributed by atoms with Crippen LogP contribution in [0.1, 0.15) is 26.7 Å². The lowest BCUT2D eigenvalue weighted by molar-refractivity contribution is -0.115. The van der Waals surface area contributed by atoms with E-state index in [2.05, 4.69) is 23.5 Å². The van der Waals surface area contributed by atoms with E-state index < -0.39 is 21.7 Å². The molecule has 0 spiro atoms. The predicted octanol–water partition coefficient (Wildman–Crippen LogP) is -0.488. The molecule has 0 radical (unpaired) electrons. The summed E-state index contributed by atoms with van der Waals surface area (Å²) in [6.07, 6.45) is 1.97. The van der Waals surface area contributed by atoms with Gasteiger partial charge in [-0.1, -0.05) is 0 Å². The molecule has 0 aromatic carbocycles. The minimum Gasteiger partial charge on any atom is -0.369 e. The van der Waals surface area contributed by atoms with Crippen molar-refractivity contribution >= 4 is 15.9 Å². The molecule has 0 saturated carbocycles. The van der Waals surface area contributed by atoms with Gasteiger partial charge in [0.25, 0.3) is 0 Å². The number of sulfonamides is 1. The number of piperidine rings is 1. The SMILES string of the molecule is CC(C)N1CCC(CNS(=O)(=O)CC(N)=O)CC1. The van der Waals surface area contributed by atoms with E-state index in [4.69, 9.17) is 5.73 Å². The normalized spacial score (nSPS) is 19.3. The van der Waals surface area contributed by atoms with E-state index in [-0.39, 0.29) is 0 Å². The molecule has 1 aliphatic rings. The van der Waals surface area contributed by atoms with E-state index in [1.54, 1.807) is 0 Å². The first-order chi connectivity index (χ1) is 8.30. The van der Waals surface area contributed by atoms with Gasteiger partial charge in [-0.05, 0) is 45.7 Å². The third-order valence-corrected chi connectivity index (χ3v) is 4.57. The zero-order valence-corrected chi connectivity index (χ0v) is 11.9. The lowest BCUT2D eigenvalue weighted by Crippen LogP contribution is -2.42. The van der Waals surface area contributed by atoms with Crippen molar-refractivity contribution in [3.05, 3.63) is 0 Å². The first-order valence-corrected chi connectivity index (χ1v) is 7.95. The van der Waals surface area contributed by atoms with Crippen LogP contribution in [0.4, 0.5) is 0 Å². The molecular formula is C11H23N3O3S. The molecule has 1 aliphatic heterocycles. The number of likely N-dealkylation sites (tertiary alicyclic amines) is 1. The number of hydrogen-bond donors (Lipinski definition) is 2. The molecule has 0 bridgehead atoms. The van der Waals surface area contributed by atoms with Crippen molar-refractivity contribution in [2.24, 2.45) is 11.7 Å². The van der Waals surface area contributed by atoms with E-state index in [1.807, 2.05) is 0 Å². The number of nitrogens with two attached hydrogens (primary N) is 1. The van der Waals surface area contributed by atoms with Crippen molar-refractivity contribution in [1.29, 1.82) is 0 Å². The van der Waals surface area contributed by atoms with Crippen LogP contribution in [-0.4, -0.2) is 50.7 Å². The molecule has 3 N–H and O–H groups in total. The molecule has 6 nitrogen and oxygen atoms in total. The summed E-state index contributed by atoms with van der Waals surface area (Å²) in [4.78, 5) is 13.0. The molecule has 1 fully saturated rings. The van der Waals surface area contributed by atoms with Gasteiger partial charge in [0.15, 0.2) is 0 Å². The Bertz CT molecular complexity index is 373. The van der Waals surface area contributed by atoms with Crippen LogP contribution in [0, 0.1) is 5.92 Å². The predicted molar refractivity (Wildman–Crippen MR) is 70.4 cm³/mol. The Morgan fingerprint density at radius 3 is 2.39 bits per heavy atom. The maximum Gasteiger partial charge on any atom is 0.234 e. The Hall–Kier alpha value is -0.660. The molecule has 1 heterocycles. The van der Waals surface area contributed by atoms with E-state index in [0.29, 0.717) is 18.5 Å². The molecule has 0 aromatic rings. The molecule has 7 heteroatoms. The third-order valence-electron chi connectivity index (χ3n) is 3.30. The number of carbonyl (C=O) groups excluding carboxylic acids is 1. The van der Waals surface area contributed by atoms with Crippen molar-refractivity contribution < 1.29 is 13.2 Å². The van der Waals surface area contributed by atoms with Crippen molar-refractivity contribution in [3.63, 3.8) is 0 Å². The number of rotatable bonds is 6. The van der Waals surface area contributed by atoms with Crippen LogP contribution in [0.15, 0.2) is 0 Å². The molecule has 18 heavy (non-hydrogen) atoms. The fraction of sp³-hybridized carbons (Fsp3) is 0.909. The van der Waals surface area contributed by atoms with E-state index in [1.165, 1.54) is 0 Å². The molecule has 0 unspecified atom stereocenters. The molecule has 0 aliphatic carbocycles. The summed E-state index contributed by atoms with van der Waals surface area (Å²) in [7, 11) is -3.55. The van der Waals surface area contributed by atoms with Gasteiger partial charge in [-0.3, -0.25) is 4.79 Å². The van der Waals surface area contributed by atoms with Crippen molar-refractivity contribution in [2.75, 3.05) is 25.4 Å². The standard InChI is InChI=1S/C11H23N3O3S/c1-9(2)14-5-3-10(4-6-14)7-13-18(16,17)8-11(12)15/h9-10,13H,3-8H2,1-2H3,(H2,12,15). The highest BCUT2D eigenvalue weighted by atomic mass is 32.2. The van der Waals surface area contributed by atoms with Crippen LogP contribution in [-0.2, 0) is 14.8 Å². The summed E-state index contributed by atoms with van der Waals surface area (Å²) >= 11 is 0. The number of primary amides is 1. The van der Waals surface area contributed by atoms with E-state index >= 15 is 0 Å². The summed E-state index contributed by atoms with van der Waals surface area (Å²) in [6, 6.07) is 0.539. The molecule has 1 saturated heterocycles. The zero-order valence-electron chi connectivity index (χ0n) is 11.1. The molecule has 0 atom stereocenters. The summed E-state index contributed by atoms with van der Waals surface area (Å²) in [5, 5.41) is 0. The Balaban J connectivity index is 2.32. The minimum atomic E-state index is -3.55. The number of nitrogens with one attached hydrogen (secondary N) is 1. The van der Waals surface area contributed by atoms with Crippen LogP contribution < -0.4 is 10.5 Å². The second kappa shape index (κ2) is 6.49. The topological polar surface area (TPSA) is 92.5 Å². The van der Waals surface area contributed by atoms with Crippen LogP contribution in [0.3, 0.4) is 0 Å². The van der Waals surface area contributed by atoms with Crippen LogP contribution in [0.5, 0.6) is 0 Å². The third kappa shape index (κ3) is 5.32. The quantitative estimate of drug-likeness (QED) is 0.685. The summed E-state index contributed by atoms with van der Waals surface area (Å²) < 4.78 is 25.3.